The van der Waals surface area contributed by atoms with Gasteiger partial charge in [-0.15, -0.1) is 11.8 Å². The molecule has 2 rings (SSSR count). The highest BCUT2D eigenvalue weighted by Crippen LogP contribution is 2.34. The van der Waals surface area contributed by atoms with Gasteiger partial charge < -0.3 is 0 Å². The second-order valence-corrected chi connectivity index (χ2v) is 5.59. The largest absolute Gasteiger partial charge is 0.417 e. The van der Waals surface area contributed by atoms with Gasteiger partial charge in [0.25, 0.3) is 0 Å². The van der Waals surface area contributed by atoms with Crippen molar-refractivity contribution in [3.8, 4) is 6.07 Å². The van der Waals surface area contributed by atoms with Crippen molar-refractivity contribution in [3.63, 3.8) is 0 Å². The first-order valence-corrected chi connectivity index (χ1v) is 7.21. The lowest BCUT2D eigenvalue weighted by Crippen LogP contribution is -2.05. The summed E-state index contributed by atoms with van der Waals surface area (Å²) >= 11 is 6.78. The summed E-state index contributed by atoms with van der Waals surface area (Å²) in [6.07, 6.45) is -3.83. The van der Waals surface area contributed by atoms with E-state index in [9.17, 15) is 17.6 Å². The Morgan fingerprint density at radius 1 is 1.27 bits per heavy atom. The van der Waals surface area contributed by atoms with E-state index in [0.717, 1.165) is 23.9 Å². The van der Waals surface area contributed by atoms with Crippen molar-refractivity contribution in [2.45, 2.75) is 17.0 Å². The minimum absolute atomic E-state index is 0.135. The minimum atomic E-state index is -4.51. The third-order valence-corrected chi connectivity index (χ3v) is 4.14. The maximum atomic E-state index is 13.7. The number of thioether (sulfide) groups is 1. The van der Waals surface area contributed by atoms with Gasteiger partial charge >= 0.3 is 6.18 Å². The van der Waals surface area contributed by atoms with E-state index in [1.807, 2.05) is 6.07 Å². The lowest BCUT2D eigenvalue weighted by Gasteiger charge is -2.09. The fourth-order valence-corrected chi connectivity index (χ4v) is 2.75. The molecule has 0 N–H and O–H groups in total. The third kappa shape index (κ3) is 3.90. The van der Waals surface area contributed by atoms with Gasteiger partial charge in [-0.2, -0.15) is 18.4 Å². The van der Waals surface area contributed by atoms with Gasteiger partial charge in [0.05, 0.1) is 22.2 Å². The first-order chi connectivity index (χ1) is 10.3. The molecule has 0 unspecified atom stereocenters. The van der Waals surface area contributed by atoms with Gasteiger partial charge in [0.15, 0.2) is 0 Å². The van der Waals surface area contributed by atoms with E-state index in [0.29, 0.717) is 11.8 Å². The number of nitriles is 1. The molecule has 0 fully saturated rings. The van der Waals surface area contributed by atoms with Crippen molar-refractivity contribution in [2.75, 3.05) is 0 Å². The number of hydrogen-bond acceptors (Lipinski definition) is 3. The highest BCUT2D eigenvalue weighted by Gasteiger charge is 2.31. The average molecular weight is 347 g/mol. The Balaban J connectivity index is 2.14. The fraction of sp³-hybridized carbons (Fsp3) is 0.143. The number of hydrogen-bond donors (Lipinski definition) is 0. The molecule has 1 aromatic heterocycles. The number of aromatic nitrogens is 1. The van der Waals surface area contributed by atoms with Crippen molar-refractivity contribution in [3.05, 3.63) is 58.0 Å². The van der Waals surface area contributed by atoms with Crippen LogP contribution in [0.4, 0.5) is 17.6 Å². The lowest BCUT2D eigenvalue weighted by atomic mass is 10.1. The van der Waals surface area contributed by atoms with Crippen LogP contribution in [0.3, 0.4) is 0 Å². The number of nitrogens with zero attached hydrogens (tertiary/aromatic N) is 2. The molecular formula is C14H7ClF4N2S. The van der Waals surface area contributed by atoms with E-state index < -0.39 is 17.6 Å². The molecule has 0 atom stereocenters. The molecule has 0 aliphatic carbocycles. The van der Waals surface area contributed by atoms with Crippen LogP contribution in [0.2, 0.25) is 5.02 Å². The molecule has 1 aromatic carbocycles. The van der Waals surface area contributed by atoms with E-state index in [4.69, 9.17) is 16.9 Å². The first-order valence-electron chi connectivity index (χ1n) is 5.85. The predicted molar refractivity (Wildman–Crippen MR) is 74.9 cm³/mol. The van der Waals surface area contributed by atoms with Crippen LogP contribution >= 0.6 is 23.4 Å². The topological polar surface area (TPSA) is 36.7 Å². The van der Waals surface area contributed by atoms with Gasteiger partial charge in [0.1, 0.15) is 10.8 Å². The first kappa shape index (κ1) is 16.6. The molecule has 0 bridgehead atoms. The zero-order valence-electron chi connectivity index (χ0n) is 10.8. The number of alkyl halides is 3. The van der Waals surface area contributed by atoms with Crippen molar-refractivity contribution in [2.24, 2.45) is 0 Å². The van der Waals surface area contributed by atoms with Crippen LogP contribution in [0.1, 0.15) is 16.7 Å². The van der Waals surface area contributed by atoms with Crippen molar-refractivity contribution in [1.29, 1.82) is 5.26 Å². The molecule has 8 heteroatoms. The molecule has 2 nitrogen and oxygen atoms in total. The summed E-state index contributed by atoms with van der Waals surface area (Å²) in [6.45, 7) is 0. The Kier molecular flexibility index (Phi) is 4.94. The Morgan fingerprint density at radius 3 is 2.55 bits per heavy atom. The second kappa shape index (κ2) is 6.55. The molecular weight excluding hydrogens is 340 g/mol. The molecule has 0 radical (unpaired) electrons. The summed E-state index contributed by atoms with van der Waals surface area (Å²) in [4.78, 5) is 3.66. The van der Waals surface area contributed by atoms with Crippen LogP contribution in [0.5, 0.6) is 0 Å². The van der Waals surface area contributed by atoms with Crippen LogP contribution in [0.25, 0.3) is 0 Å². The summed E-state index contributed by atoms with van der Waals surface area (Å²) < 4.78 is 51.2. The zero-order valence-corrected chi connectivity index (χ0v) is 12.4. The smallest absolute Gasteiger partial charge is 0.248 e. The molecule has 0 aliphatic heterocycles. The molecule has 0 amide bonds. The van der Waals surface area contributed by atoms with Crippen molar-refractivity contribution in [1.82, 2.24) is 4.98 Å². The Hall–Kier alpha value is -1.78. The van der Waals surface area contributed by atoms with Crippen LogP contribution in [0, 0.1) is 17.1 Å². The number of pyridine rings is 1. The zero-order chi connectivity index (χ0) is 16.3. The molecule has 0 aliphatic rings. The number of benzene rings is 1. The summed E-state index contributed by atoms with van der Waals surface area (Å²) in [5, 5.41) is 8.68. The van der Waals surface area contributed by atoms with E-state index >= 15 is 0 Å². The van der Waals surface area contributed by atoms with Crippen molar-refractivity contribution >= 4 is 23.4 Å². The van der Waals surface area contributed by atoms with Gasteiger partial charge in [-0.25, -0.2) is 9.37 Å². The lowest BCUT2D eigenvalue weighted by molar-refractivity contribution is -0.137. The summed E-state index contributed by atoms with van der Waals surface area (Å²) in [5.41, 5.74) is -0.440. The molecule has 114 valence electrons. The minimum Gasteiger partial charge on any atom is -0.248 e. The number of halogens is 5. The Labute approximate surface area is 132 Å². The van der Waals surface area contributed by atoms with E-state index in [1.165, 1.54) is 12.1 Å². The third-order valence-electron chi connectivity index (χ3n) is 2.68. The standard InChI is InChI=1S/C14H7ClF4N2S/c15-11-4-10(14(17,18)19)6-21-13(11)22-7-9-2-1-8(5-20)3-12(9)16/h1-4,6H,7H2. The maximum absolute atomic E-state index is 13.7. The normalized spacial score (nSPS) is 11.3. The van der Waals surface area contributed by atoms with Gasteiger partial charge in [0, 0.05) is 11.9 Å². The molecule has 22 heavy (non-hydrogen) atoms. The van der Waals surface area contributed by atoms with E-state index in [1.54, 1.807) is 0 Å². The van der Waals surface area contributed by atoms with Crippen LogP contribution in [-0.2, 0) is 11.9 Å². The van der Waals surface area contributed by atoms with Gasteiger partial charge in [-0.3, -0.25) is 0 Å². The number of rotatable bonds is 3. The van der Waals surface area contributed by atoms with Gasteiger partial charge in [-0.05, 0) is 23.8 Å². The molecule has 1 heterocycles. The van der Waals surface area contributed by atoms with E-state index in [-0.39, 0.29) is 21.4 Å². The summed E-state index contributed by atoms with van der Waals surface area (Å²) in [5.74, 6) is -0.426. The van der Waals surface area contributed by atoms with Crippen LogP contribution in [0.15, 0.2) is 35.5 Å². The van der Waals surface area contributed by atoms with Crippen molar-refractivity contribution < 1.29 is 17.6 Å². The highest BCUT2D eigenvalue weighted by atomic mass is 35.5. The van der Waals surface area contributed by atoms with E-state index in [2.05, 4.69) is 4.98 Å². The van der Waals surface area contributed by atoms with Gasteiger partial charge in [-0.1, -0.05) is 17.7 Å². The molecule has 0 saturated heterocycles. The van der Waals surface area contributed by atoms with Crippen LogP contribution < -0.4 is 0 Å². The summed E-state index contributed by atoms with van der Waals surface area (Å²) in [6, 6.07) is 6.59. The Morgan fingerprint density at radius 2 is 2.00 bits per heavy atom. The highest BCUT2D eigenvalue weighted by molar-refractivity contribution is 7.98. The molecule has 0 saturated carbocycles. The summed E-state index contributed by atoms with van der Waals surface area (Å²) in [7, 11) is 0. The molecule has 0 spiro atoms. The van der Waals surface area contributed by atoms with Gasteiger partial charge in [0.2, 0.25) is 0 Å². The maximum Gasteiger partial charge on any atom is 0.417 e. The molecule has 2 aromatic rings. The SMILES string of the molecule is N#Cc1ccc(CSc2ncc(C(F)(F)F)cc2Cl)c(F)c1. The Bertz CT molecular complexity index is 741. The monoisotopic (exact) mass is 346 g/mol. The predicted octanol–water partition coefficient (Wildman–Crippen LogP) is 5.06. The fourth-order valence-electron chi connectivity index (χ4n) is 1.57. The quantitative estimate of drug-likeness (QED) is 0.576. The second-order valence-electron chi connectivity index (χ2n) is 4.22. The average Bonchev–Trinajstić information content (AvgIpc) is 2.46. The van der Waals surface area contributed by atoms with Crippen LogP contribution in [-0.4, -0.2) is 4.98 Å².